The molecule has 15 nitrogen and oxygen atoms in total. The van der Waals surface area contributed by atoms with E-state index in [1.165, 1.54) is 24.3 Å². The van der Waals surface area contributed by atoms with E-state index in [0.29, 0.717) is 11.1 Å². The average molecular weight is 600 g/mol. The van der Waals surface area contributed by atoms with Crippen LogP contribution in [0.5, 0.6) is 5.75 Å². The topological polar surface area (TPSA) is 273 Å². The van der Waals surface area contributed by atoms with Crippen LogP contribution in [-0.4, -0.2) is 81.7 Å². The molecule has 0 saturated heterocycles. The number of carbonyl (C=O) groups is 5. The Labute approximate surface area is 247 Å². The van der Waals surface area contributed by atoms with Crippen LogP contribution in [0, 0.1) is 0 Å². The van der Waals surface area contributed by atoms with Crippen LogP contribution in [0.2, 0.25) is 0 Å². The first-order valence-electron chi connectivity index (χ1n) is 13.3. The molecule has 2 aromatic carbocycles. The molecule has 0 unspecified atom stereocenters. The number of aliphatic carboxylic acids is 2. The van der Waals surface area contributed by atoms with Gasteiger partial charge in [-0.25, -0.2) is 4.79 Å². The number of guanidine groups is 1. The third-order valence-corrected chi connectivity index (χ3v) is 6.22. The van der Waals surface area contributed by atoms with Crippen LogP contribution < -0.4 is 33.2 Å². The second-order valence-electron chi connectivity index (χ2n) is 9.74. The molecule has 0 bridgehead atoms. The van der Waals surface area contributed by atoms with Gasteiger partial charge in [0.2, 0.25) is 17.7 Å². The SMILES string of the molecule is NC(N)=NCCC[C@H](NC(=O)[C@@H](N)CC(=O)O)C(=O)N[C@@H](Cc1ccc(O)cc1)C(=O)N[C@@H](Cc1ccccc1)C(=O)O. The number of carboxylic acids is 2. The number of carboxylic acid groups (broad SMARTS) is 2. The largest absolute Gasteiger partial charge is 0.508 e. The van der Waals surface area contributed by atoms with Gasteiger partial charge in [0.05, 0.1) is 12.5 Å². The van der Waals surface area contributed by atoms with Crippen LogP contribution in [0.25, 0.3) is 0 Å². The molecule has 3 amide bonds. The fourth-order valence-corrected chi connectivity index (χ4v) is 4.00. The van der Waals surface area contributed by atoms with Crippen LogP contribution in [0.4, 0.5) is 0 Å². The smallest absolute Gasteiger partial charge is 0.326 e. The Kier molecular flexibility index (Phi) is 13.4. The Morgan fingerprint density at radius 3 is 1.86 bits per heavy atom. The Morgan fingerprint density at radius 1 is 0.744 bits per heavy atom. The van der Waals surface area contributed by atoms with E-state index in [0.717, 1.165) is 0 Å². The molecule has 43 heavy (non-hydrogen) atoms. The highest BCUT2D eigenvalue weighted by molar-refractivity contribution is 5.95. The van der Waals surface area contributed by atoms with Crippen molar-refractivity contribution in [1.82, 2.24) is 16.0 Å². The first-order chi connectivity index (χ1) is 20.3. The van der Waals surface area contributed by atoms with Gasteiger partial charge in [0.15, 0.2) is 5.96 Å². The van der Waals surface area contributed by atoms with Crippen molar-refractivity contribution in [3.05, 3.63) is 65.7 Å². The van der Waals surface area contributed by atoms with E-state index < -0.39 is 60.2 Å². The van der Waals surface area contributed by atoms with E-state index >= 15 is 0 Å². The maximum Gasteiger partial charge on any atom is 0.326 e. The van der Waals surface area contributed by atoms with E-state index in [1.54, 1.807) is 30.3 Å². The van der Waals surface area contributed by atoms with E-state index in [-0.39, 0.29) is 43.9 Å². The van der Waals surface area contributed by atoms with Gasteiger partial charge < -0.3 is 48.5 Å². The zero-order valence-corrected chi connectivity index (χ0v) is 23.3. The van der Waals surface area contributed by atoms with Gasteiger partial charge in [-0.15, -0.1) is 0 Å². The number of phenolic OH excluding ortho intramolecular Hbond substituents is 1. The number of hydrogen-bond acceptors (Lipinski definition) is 8. The number of nitrogens with two attached hydrogens (primary N) is 3. The van der Waals surface area contributed by atoms with Crippen molar-refractivity contribution in [3.63, 3.8) is 0 Å². The third kappa shape index (κ3) is 12.5. The second kappa shape index (κ2) is 16.9. The van der Waals surface area contributed by atoms with Gasteiger partial charge in [-0.3, -0.25) is 24.2 Å². The summed E-state index contributed by atoms with van der Waals surface area (Å²) in [6, 6.07) is 9.13. The summed E-state index contributed by atoms with van der Waals surface area (Å²) in [5, 5.41) is 35.8. The van der Waals surface area contributed by atoms with Crippen molar-refractivity contribution < 1.29 is 39.3 Å². The number of rotatable bonds is 17. The fourth-order valence-electron chi connectivity index (χ4n) is 4.00. The molecule has 0 aliphatic rings. The van der Waals surface area contributed by atoms with Crippen molar-refractivity contribution in [1.29, 1.82) is 0 Å². The molecule has 232 valence electrons. The van der Waals surface area contributed by atoms with Crippen molar-refractivity contribution in [2.24, 2.45) is 22.2 Å². The first-order valence-corrected chi connectivity index (χ1v) is 13.3. The van der Waals surface area contributed by atoms with Crippen LogP contribution in [0.1, 0.15) is 30.4 Å². The maximum absolute atomic E-state index is 13.4. The molecule has 0 spiro atoms. The van der Waals surface area contributed by atoms with Gasteiger partial charge >= 0.3 is 11.9 Å². The second-order valence-corrected chi connectivity index (χ2v) is 9.74. The predicted molar refractivity (Wildman–Crippen MR) is 156 cm³/mol. The fraction of sp³-hybridized carbons (Fsp3) is 0.357. The summed E-state index contributed by atoms with van der Waals surface area (Å²) in [5.74, 6) is -5.33. The number of aliphatic imine (C=N–C) groups is 1. The number of benzene rings is 2. The lowest BCUT2D eigenvalue weighted by Crippen LogP contribution is -2.58. The van der Waals surface area contributed by atoms with Crippen LogP contribution >= 0.6 is 0 Å². The molecular weight excluding hydrogens is 562 g/mol. The molecule has 4 atom stereocenters. The first kappa shape index (κ1) is 34.0. The average Bonchev–Trinajstić information content (AvgIpc) is 2.94. The van der Waals surface area contributed by atoms with E-state index in [4.69, 9.17) is 22.3 Å². The Bertz CT molecular complexity index is 1280. The Balaban J connectivity index is 2.29. The number of nitrogens with zero attached hydrogens (tertiary/aromatic N) is 1. The van der Waals surface area contributed by atoms with Crippen LogP contribution in [-0.2, 0) is 36.8 Å². The minimum absolute atomic E-state index is 0.00650. The van der Waals surface area contributed by atoms with E-state index in [1.807, 2.05) is 0 Å². The lowest BCUT2D eigenvalue weighted by Gasteiger charge is -2.25. The molecule has 0 heterocycles. The number of amides is 3. The molecule has 0 aliphatic heterocycles. The molecule has 2 rings (SSSR count). The monoisotopic (exact) mass is 599 g/mol. The zero-order chi connectivity index (χ0) is 31.9. The summed E-state index contributed by atoms with van der Waals surface area (Å²) >= 11 is 0. The molecule has 0 fully saturated rings. The maximum atomic E-state index is 13.4. The summed E-state index contributed by atoms with van der Waals surface area (Å²) in [5.41, 5.74) is 17.5. The lowest BCUT2D eigenvalue weighted by molar-refractivity contribution is -0.142. The highest BCUT2D eigenvalue weighted by atomic mass is 16.4. The van der Waals surface area contributed by atoms with Gasteiger partial charge in [0, 0.05) is 19.4 Å². The molecule has 0 radical (unpaired) electrons. The molecule has 0 saturated carbocycles. The van der Waals surface area contributed by atoms with Gasteiger partial charge in [0.25, 0.3) is 0 Å². The van der Waals surface area contributed by atoms with E-state index in [9.17, 15) is 34.2 Å². The van der Waals surface area contributed by atoms with Gasteiger partial charge in [-0.2, -0.15) is 0 Å². The molecule has 12 N–H and O–H groups in total. The standard InChI is InChI=1S/C28H37N7O8/c29-19(15-23(37)38)24(39)33-20(7-4-12-32-28(30)31)25(40)34-21(13-17-8-10-18(36)11-9-17)26(41)35-22(27(42)43)14-16-5-2-1-3-6-16/h1-3,5-6,8-11,19-22,36H,4,7,12-15,29H2,(H,33,39)(H,34,40)(H,35,41)(H,37,38)(H,42,43)(H4,30,31,32)/t19-,20-,21-,22-/m0/s1. The summed E-state index contributed by atoms with van der Waals surface area (Å²) < 4.78 is 0. The molecule has 2 aromatic rings. The van der Waals surface area contributed by atoms with Gasteiger partial charge in [-0.05, 0) is 36.1 Å². The Hall–Kier alpha value is -5.18. The van der Waals surface area contributed by atoms with Crippen molar-refractivity contribution in [3.8, 4) is 5.75 Å². The summed E-state index contributed by atoms with van der Waals surface area (Å²) in [7, 11) is 0. The number of phenols is 1. The molecule has 15 heteroatoms. The zero-order valence-electron chi connectivity index (χ0n) is 23.3. The van der Waals surface area contributed by atoms with Gasteiger partial charge in [0.1, 0.15) is 23.9 Å². The van der Waals surface area contributed by atoms with Crippen molar-refractivity contribution in [2.45, 2.75) is 56.3 Å². The minimum Gasteiger partial charge on any atom is -0.508 e. The highest BCUT2D eigenvalue weighted by Gasteiger charge is 2.31. The quantitative estimate of drug-likeness (QED) is 0.0577. The van der Waals surface area contributed by atoms with Crippen molar-refractivity contribution >= 4 is 35.6 Å². The lowest BCUT2D eigenvalue weighted by atomic mass is 10.0. The van der Waals surface area contributed by atoms with Crippen molar-refractivity contribution in [2.75, 3.05) is 6.54 Å². The summed E-state index contributed by atoms with van der Waals surface area (Å²) in [4.78, 5) is 66.2. The number of nitrogens with one attached hydrogen (secondary N) is 3. The summed E-state index contributed by atoms with van der Waals surface area (Å²) in [6.45, 7) is 0.111. The number of carbonyl (C=O) groups excluding carboxylic acids is 3. The number of aromatic hydroxyl groups is 1. The minimum atomic E-state index is -1.45. The molecule has 0 aromatic heterocycles. The molecule has 0 aliphatic carbocycles. The Morgan fingerprint density at radius 2 is 1.28 bits per heavy atom. The van der Waals surface area contributed by atoms with E-state index in [2.05, 4.69) is 20.9 Å². The third-order valence-electron chi connectivity index (χ3n) is 6.22. The number of hydrogen-bond donors (Lipinski definition) is 9. The predicted octanol–water partition coefficient (Wildman–Crippen LogP) is -1.43. The van der Waals surface area contributed by atoms with Crippen LogP contribution in [0.15, 0.2) is 59.6 Å². The summed E-state index contributed by atoms with van der Waals surface area (Å²) in [6.07, 6.45) is -0.585. The van der Waals surface area contributed by atoms with Crippen LogP contribution in [0.3, 0.4) is 0 Å². The highest BCUT2D eigenvalue weighted by Crippen LogP contribution is 2.13. The molecular formula is C28H37N7O8. The van der Waals surface area contributed by atoms with Gasteiger partial charge in [-0.1, -0.05) is 42.5 Å². The normalized spacial score (nSPS) is 13.4.